The monoisotopic (exact) mass is 258 g/mol. The fraction of sp³-hybridized carbons (Fsp3) is 0.182. The average Bonchev–Trinajstić information content (AvgIpc) is 2.17. The average molecular weight is 259 g/mol. The van der Waals surface area contributed by atoms with Gasteiger partial charge in [0, 0.05) is 17.5 Å². The van der Waals surface area contributed by atoms with E-state index in [1.807, 2.05) is 0 Å². The summed E-state index contributed by atoms with van der Waals surface area (Å²) in [6.45, 7) is 1.51. The van der Waals surface area contributed by atoms with E-state index < -0.39 is 0 Å². The summed E-state index contributed by atoms with van der Waals surface area (Å²) >= 11 is 12.9. The van der Waals surface area contributed by atoms with E-state index >= 15 is 0 Å². The summed E-state index contributed by atoms with van der Waals surface area (Å²) in [6.07, 6.45) is 0. The van der Waals surface area contributed by atoms with Gasteiger partial charge in [-0.1, -0.05) is 46.8 Å². The molecule has 15 heavy (non-hydrogen) atoms. The highest BCUT2D eigenvalue weighted by Gasteiger charge is 1.97. The van der Waals surface area contributed by atoms with Gasteiger partial charge >= 0.3 is 0 Å². The first-order valence-electron chi connectivity index (χ1n) is 4.17. The quantitative estimate of drug-likeness (QED) is 0.716. The summed E-state index contributed by atoms with van der Waals surface area (Å²) in [5.41, 5.74) is 0.688. The van der Waals surface area contributed by atoms with Crippen molar-refractivity contribution in [3.8, 4) is 11.8 Å². The van der Waals surface area contributed by atoms with Gasteiger partial charge in [0.1, 0.15) is 0 Å². The minimum absolute atomic E-state index is 0.0569. The first kappa shape index (κ1) is 12.4. The predicted molar refractivity (Wildman–Crippen MR) is 66.5 cm³/mol. The van der Waals surface area contributed by atoms with Crippen LogP contribution in [0.5, 0.6) is 0 Å². The summed E-state index contributed by atoms with van der Waals surface area (Å²) < 4.78 is 0. The molecular formula is C11H8Cl2OS. The van der Waals surface area contributed by atoms with E-state index in [-0.39, 0.29) is 5.12 Å². The van der Waals surface area contributed by atoms with Crippen LogP contribution in [-0.4, -0.2) is 10.9 Å². The second-order valence-corrected chi connectivity index (χ2v) is 4.70. The van der Waals surface area contributed by atoms with Gasteiger partial charge in [-0.15, -0.1) is 0 Å². The maximum atomic E-state index is 10.6. The number of rotatable bonds is 1. The van der Waals surface area contributed by atoms with Crippen molar-refractivity contribution in [3.05, 3.63) is 33.8 Å². The molecule has 1 rings (SSSR count). The highest BCUT2D eigenvalue weighted by molar-refractivity contribution is 8.13. The van der Waals surface area contributed by atoms with Gasteiger partial charge in [-0.05, 0) is 18.2 Å². The fourth-order valence-corrected chi connectivity index (χ4v) is 1.55. The largest absolute Gasteiger partial charge is 0.288 e. The molecule has 0 saturated heterocycles. The molecule has 0 amide bonds. The SMILES string of the molecule is CC(=O)SCC#Cc1cc(Cl)ccc1Cl. The highest BCUT2D eigenvalue weighted by atomic mass is 35.5. The van der Waals surface area contributed by atoms with E-state index in [0.29, 0.717) is 21.4 Å². The summed E-state index contributed by atoms with van der Waals surface area (Å²) in [5, 5.41) is 1.23. The predicted octanol–water partition coefficient (Wildman–Crippen LogP) is 3.62. The van der Waals surface area contributed by atoms with Crippen molar-refractivity contribution in [3.63, 3.8) is 0 Å². The molecule has 0 unspecified atom stereocenters. The Morgan fingerprint density at radius 1 is 1.47 bits per heavy atom. The maximum absolute atomic E-state index is 10.6. The summed E-state index contributed by atoms with van der Waals surface area (Å²) in [7, 11) is 0. The zero-order chi connectivity index (χ0) is 11.3. The van der Waals surface area contributed by atoms with Gasteiger partial charge in [0.25, 0.3) is 0 Å². The second-order valence-electron chi connectivity index (χ2n) is 2.71. The molecule has 4 heteroatoms. The number of thioether (sulfide) groups is 1. The van der Waals surface area contributed by atoms with Crippen LogP contribution in [0.2, 0.25) is 10.0 Å². The van der Waals surface area contributed by atoms with Crippen LogP contribution in [0, 0.1) is 11.8 Å². The molecule has 0 radical (unpaired) electrons. The molecule has 0 heterocycles. The molecule has 0 fully saturated rings. The molecule has 0 N–H and O–H groups in total. The highest BCUT2D eigenvalue weighted by Crippen LogP contribution is 2.19. The number of carbonyl (C=O) groups is 1. The van der Waals surface area contributed by atoms with Gasteiger partial charge < -0.3 is 0 Å². The van der Waals surface area contributed by atoms with Crippen LogP contribution in [0.1, 0.15) is 12.5 Å². The van der Waals surface area contributed by atoms with Gasteiger partial charge in [-0.2, -0.15) is 0 Å². The fourth-order valence-electron chi connectivity index (χ4n) is 0.862. The van der Waals surface area contributed by atoms with E-state index in [9.17, 15) is 4.79 Å². The number of hydrogen-bond donors (Lipinski definition) is 0. The third kappa shape index (κ3) is 4.61. The molecular weight excluding hydrogens is 251 g/mol. The molecule has 1 aromatic carbocycles. The Labute approximate surface area is 103 Å². The van der Waals surface area contributed by atoms with Gasteiger partial charge in [0.2, 0.25) is 0 Å². The smallest absolute Gasteiger partial charge is 0.186 e. The van der Waals surface area contributed by atoms with E-state index in [0.717, 1.165) is 0 Å². The minimum Gasteiger partial charge on any atom is -0.288 e. The lowest BCUT2D eigenvalue weighted by atomic mass is 10.2. The molecule has 0 aromatic heterocycles. The third-order valence-electron chi connectivity index (χ3n) is 1.50. The first-order chi connectivity index (χ1) is 7.09. The minimum atomic E-state index is 0.0569. The van der Waals surface area contributed by atoms with Crippen LogP contribution in [0.3, 0.4) is 0 Å². The lowest BCUT2D eigenvalue weighted by Gasteiger charge is -1.95. The van der Waals surface area contributed by atoms with Gasteiger partial charge in [0.05, 0.1) is 10.8 Å². The van der Waals surface area contributed by atoms with Crippen LogP contribution in [0.25, 0.3) is 0 Å². The van der Waals surface area contributed by atoms with Gasteiger partial charge in [0.15, 0.2) is 5.12 Å². The molecule has 0 aliphatic rings. The van der Waals surface area contributed by atoms with Crippen LogP contribution >= 0.6 is 35.0 Å². The van der Waals surface area contributed by atoms with Crippen LogP contribution in [-0.2, 0) is 4.79 Å². The van der Waals surface area contributed by atoms with Crippen molar-refractivity contribution in [1.29, 1.82) is 0 Å². The van der Waals surface area contributed by atoms with Crippen LogP contribution < -0.4 is 0 Å². The Hall–Kier alpha value is -0.620. The van der Waals surface area contributed by atoms with Crippen molar-refractivity contribution in [2.45, 2.75) is 6.92 Å². The van der Waals surface area contributed by atoms with Crippen LogP contribution in [0.4, 0.5) is 0 Å². The number of halogens is 2. The molecule has 1 aromatic rings. The van der Waals surface area contributed by atoms with E-state index in [1.165, 1.54) is 18.7 Å². The molecule has 0 aliphatic carbocycles. The molecule has 0 atom stereocenters. The standard InChI is InChI=1S/C11H8Cl2OS/c1-8(14)15-6-2-3-9-7-10(12)4-5-11(9)13/h4-5,7H,6H2,1H3. The zero-order valence-corrected chi connectivity index (χ0v) is 10.3. The van der Waals surface area contributed by atoms with Crippen molar-refractivity contribution < 1.29 is 4.79 Å². The lowest BCUT2D eigenvalue weighted by molar-refractivity contribution is -0.109. The maximum Gasteiger partial charge on any atom is 0.186 e. The number of benzene rings is 1. The summed E-state index contributed by atoms with van der Waals surface area (Å²) in [6, 6.07) is 5.11. The van der Waals surface area contributed by atoms with Gasteiger partial charge in [-0.25, -0.2) is 0 Å². The first-order valence-corrected chi connectivity index (χ1v) is 5.91. The summed E-state index contributed by atoms with van der Waals surface area (Å²) in [5.74, 6) is 6.19. The van der Waals surface area contributed by atoms with Crippen molar-refractivity contribution in [2.75, 3.05) is 5.75 Å². The Morgan fingerprint density at radius 2 is 2.20 bits per heavy atom. The Bertz CT molecular complexity index is 432. The van der Waals surface area contributed by atoms with Crippen LogP contribution in [0.15, 0.2) is 18.2 Å². The van der Waals surface area contributed by atoms with Gasteiger partial charge in [-0.3, -0.25) is 4.79 Å². The van der Waals surface area contributed by atoms with E-state index in [4.69, 9.17) is 23.2 Å². The summed E-state index contributed by atoms with van der Waals surface area (Å²) in [4.78, 5) is 10.6. The number of carbonyl (C=O) groups excluding carboxylic acids is 1. The molecule has 0 saturated carbocycles. The van der Waals surface area contributed by atoms with Crippen molar-refractivity contribution in [1.82, 2.24) is 0 Å². The van der Waals surface area contributed by atoms with E-state index in [1.54, 1.807) is 18.2 Å². The Balaban J connectivity index is 2.71. The Kier molecular flexibility index (Phi) is 5.04. The molecule has 78 valence electrons. The zero-order valence-electron chi connectivity index (χ0n) is 8.01. The second kappa shape index (κ2) is 6.07. The molecule has 0 bridgehead atoms. The topological polar surface area (TPSA) is 17.1 Å². The van der Waals surface area contributed by atoms with Crippen molar-refractivity contribution in [2.24, 2.45) is 0 Å². The molecule has 1 nitrogen and oxygen atoms in total. The lowest BCUT2D eigenvalue weighted by Crippen LogP contribution is -1.83. The normalized spacial score (nSPS) is 9.27. The van der Waals surface area contributed by atoms with Crippen molar-refractivity contribution >= 4 is 40.1 Å². The van der Waals surface area contributed by atoms with E-state index in [2.05, 4.69) is 11.8 Å². The number of hydrogen-bond acceptors (Lipinski definition) is 2. The third-order valence-corrected chi connectivity index (χ3v) is 2.76. The molecule has 0 spiro atoms. The molecule has 0 aliphatic heterocycles. The Morgan fingerprint density at radius 3 is 2.87 bits per heavy atom.